The van der Waals surface area contributed by atoms with E-state index in [1.54, 1.807) is 18.4 Å². The number of rotatable bonds is 7. The molecule has 21 heavy (non-hydrogen) atoms. The van der Waals surface area contributed by atoms with Crippen LogP contribution in [0.15, 0.2) is 29.6 Å². The summed E-state index contributed by atoms with van der Waals surface area (Å²) in [5, 5.41) is 6.89. The largest absolute Gasteiger partial charge is 0.497 e. The Hall–Kier alpha value is -1.39. The Balaban J connectivity index is 1.82. The van der Waals surface area contributed by atoms with E-state index in [2.05, 4.69) is 48.6 Å². The average molecular weight is 304 g/mol. The maximum atomic E-state index is 5.20. The van der Waals surface area contributed by atoms with Crippen LogP contribution in [-0.2, 0) is 6.42 Å². The van der Waals surface area contributed by atoms with Gasteiger partial charge in [0.15, 0.2) is 0 Å². The molecule has 1 aromatic heterocycles. The van der Waals surface area contributed by atoms with E-state index < -0.39 is 0 Å². The summed E-state index contributed by atoms with van der Waals surface area (Å²) in [6, 6.07) is 8.77. The molecule has 2 rings (SSSR count). The average Bonchev–Trinajstić information content (AvgIpc) is 2.92. The first kappa shape index (κ1) is 16.0. The van der Waals surface area contributed by atoms with E-state index in [1.807, 2.05) is 12.1 Å². The maximum Gasteiger partial charge on any atom is 0.118 e. The predicted octanol–water partition coefficient (Wildman–Crippen LogP) is 3.78. The highest BCUT2D eigenvalue weighted by Gasteiger charge is 2.13. The molecule has 2 atom stereocenters. The van der Waals surface area contributed by atoms with Crippen LogP contribution in [-0.4, -0.2) is 24.7 Å². The number of benzene rings is 1. The van der Waals surface area contributed by atoms with Crippen LogP contribution in [0.5, 0.6) is 5.75 Å². The first-order valence-corrected chi connectivity index (χ1v) is 8.26. The standard InChI is InChI=1S/C17H24N2OS/c1-12(15-5-7-17(20-4)8-6-15)13(2)18-10-9-16-11-21-14(3)19-16/h5-8,11-13,18H,9-10H2,1-4H3. The molecule has 0 bridgehead atoms. The minimum absolute atomic E-state index is 0.429. The molecule has 1 N–H and O–H groups in total. The van der Waals surface area contributed by atoms with Gasteiger partial charge < -0.3 is 10.1 Å². The van der Waals surface area contributed by atoms with Crippen LogP contribution in [0.25, 0.3) is 0 Å². The molecule has 0 fully saturated rings. The fourth-order valence-electron chi connectivity index (χ4n) is 2.32. The van der Waals surface area contributed by atoms with Gasteiger partial charge >= 0.3 is 0 Å². The summed E-state index contributed by atoms with van der Waals surface area (Å²) in [7, 11) is 1.70. The molecule has 4 heteroatoms. The minimum atomic E-state index is 0.429. The molecular formula is C17H24N2OS. The van der Waals surface area contributed by atoms with Crippen molar-refractivity contribution in [3.63, 3.8) is 0 Å². The lowest BCUT2D eigenvalue weighted by atomic mass is 9.94. The summed E-state index contributed by atoms with van der Waals surface area (Å²) < 4.78 is 5.20. The van der Waals surface area contributed by atoms with Gasteiger partial charge in [0, 0.05) is 24.4 Å². The molecule has 0 saturated carbocycles. The summed E-state index contributed by atoms with van der Waals surface area (Å²) in [6.45, 7) is 7.51. The van der Waals surface area contributed by atoms with Gasteiger partial charge in [-0.2, -0.15) is 0 Å². The van der Waals surface area contributed by atoms with E-state index in [4.69, 9.17) is 4.74 Å². The van der Waals surface area contributed by atoms with Crippen molar-refractivity contribution >= 4 is 11.3 Å². The van der Waals surface area contributed by atoms with E-state index >= 15 is 0 Å². The molecule has 1 aromatic carbocycles. The van der Waals surface area contributed by atoms with Crippen LogP contribution >= 0.6 is 11.3 Å². The number of hydrogen-bond donors (Lipinski definition) is 1. The van der Waals surface area contributed by atoms with Crippen molar-refractivity contribution in [2.24, 2.45) is 0 Å². The van der Waals surface area contributed by atoms with Gasteiger partial charge in [-0.25, -0.2) is 4.98 Å². The van der Waals surface area contributed by atoms with Crippen molar-refractivity contribution in [1.29, 1.82) is 0 Å². The molecular weight excluding hydrogens is 280 g/mol. The van der Waals surface area contributed by atoms with Gasteiger partial charge in [0.05, 0.1) is 17.8 Å². The smallest absolute Gasteiger partial charge is 0.118 e. The monoisotopic (exact) mass is 304 g/mol. The quantitative estimate of drug-likeness (QED) is 0.845. The van der Waals surface area contributed by atoms with Gasteiger partial charge in [-0.3, -0.25) is 0 Å². The Labute approximate surface area is 131 Å². The van der Waals surface area contributed by atoms with Crippen LogP contribution < -0.4 is 10.1 Å². The SMILES string of the molecule is COc1ccc(C(C)C(C)NCCc2csc(C)n2)cc1. The van der Waals surface area contributed by atoms with Gasteiger partial charge in [-0.15, -0.1) is 11.3 Å². The maximum absolute atomic E-state index is 5.20. The van der Waals surface area contributed by atoms with Gasteiger partial charge in [0.1, 0.15) is 5.75 Å². The molecule has 3 nitrogen and oxygen atoms in total. The van der Waals surface area contributed by atoms with E-state index in [0.717, 1.165) is 23.7 Å². The van der Waals surface area contributed by atoms with Gasteiger partial charge in [0.2, 0.25) is 0 Å². The highest BCUT2D eigenvalue weighted by Crippen LogP contribution is 2.22. The fraction of sp³-hybridized carbons (Fsp3) is 0.471. The second-order valence-electron chi connectivity index (χ2n) is 5.41. The first-order valence-electron chi connectivity index (χ1n) is 7.38. The lowest BCUT2D eigenvalue weighted by molar-refractivity contribution is 0.414. The Morgan fingerprint density at radius 1 is 1.24 bits per heavy atom. The highest BCUT2D eigenvalue weighted by atomic mass is 32.1. The lowest BCUT2D eigenvalue weighted by Gasteiger charge is -2.22. The van der Waals surface area contributed by atoms with Crippen LogP contribution in [0.2, 0.25) is 0 Å². The number of nitrogens with zero attached hydrogens (tertiary/aromatic N) is 1. The highest BCUT2D eigenvalue weighted by molar-refractivity contribution is 7.09. The second kappa shape index (κ2) is 7.57. The zero-order chi connectivity index (χ0) is 15.2. The van der Waals surface area contributed by atoms with Crippen LogP contribution in [0, 0.1) is 6.92 Å². The molecule has 0 aliphatic carbocycles. The normalized spacial score (nSPS) is 13.9. The van der Waals surface area contributed by atoms with Crippen molar-refractivity contribution in [3.8, 4) is 5.75 Å². The van der Waals surface area contributed by atoms with Gasteiger partial charge in [-0.1, -0.05) is 19.1 Å². The summed E-state index contributed by atoms with van der Waals surface area (Å²) in [5.74, 6) is 1.37. The van der Waals surface area contributed by atoms with Crippen molar-refractivity contribution < 1.29 is 4.74 Å². The topological polar surface area (TPSA) is 34.1 Å². The summed E-state index contributed by atoms with van der Waals surface area (Å²) in [5.41, 5.74) is 2.52. The molecule has 0 aliphatic rings. The summed E-state index contributed by atoms with van der Waals surface area (Å²) >= 11 is 1.72. The lowest BCUT2D eigenvalue weighted by Crippen LogP contribution is -2.32. The number of hydrogen-bond acceptors (Lipinski definition) is 4. The molecule has 0 saturated heterocycles. The number of aryl methyl sites for hydroxylation is 1. The number of aromatic nitrogens is 1. The minimum Gasteiger partial charge on any atom is -0.497 e. The predicted molar refractivity (Wildman–Crippen MR) is 89.4 cm³/mol. The summed E-state index contributed by atoms with van der Waals surface area (Å²) in [4.78, 5) is 4.49. The van der Waals surface area contributed by atoms with Crippen LogP contribution in [0.1, 0.15) is 36.0 Å². The fourth-order valence-corrected chi connectivity index (χ4v) is 2.97. The number of methoxy groups -OCH3 is 1. The molecule has 0 aliphatic heterocycles. The van der Waals surface area contributed by atoms with Gasteiger partial charge in [-0.05, 0) is 37.5 Å². The second-order valence-corrected chi connectivity index (χ2v) is 6.47. The van der Waals surface area contributed by atoms with Crippen molar-refractivity contribution in [2.45, 2.75) is 39.2 Å². The molecule has 0 radical (unpaired) electrons. The zero-order valence-electron chi connectivity index (χ0n) is 13.2. The van der Waals surface area contributed by atoms with E-state index in [0.29, 0.717) is 12.0 Å². The van der Waals surface area contributed by atoms with E-state index in [1.165, 1.54) is 11.3 Å². The van der Waals surface area contributed by atoms with Crippen LogP contribution in [0.4, 0.5) is 0 Å². The first-order chi connectivity index (χ1) is 10.1. The molecule has 114 valence electrons. The Kier molecular flexibility index (Phi) is 5.76. The Morgan fingerprint density at radius 2 is 1.95 bits per heavy atom. The Morgan fingerprint density at radius 3 is 2.52 bits per heavy atom. The van der Waals surface area contributed by atoms with Crippen molar-refractivity contribution in [1.82, 2.24) is 10.3 Å². The van der Waals surface area contributed by atoms with E-state index in [-0.39, 0.29) is 0 Å². The number of ether oxygens (including phenoxy) is 1. The molecule has 1 heterocycles. The van der Waals surface area contributed by atoms with Gasteiger partial charge in [0.25, 0.3) is 0 Å². The Bertz CT molecular complexity index is 550. The third-order valence-electron chi connectivity index (χ3n) is 3.91. The number of thiazole rings is 1. The summed E-state index contributed by atoms with van der Waals surface area (Å²) in [6.07, 6.45) is 0.990. The van der Waals surface area contributed by atoms with Crippen molar-refractivity contribution in [2.75, 3.05) is 13.7 Å². The number of nitrogens with one attached hydrogen (secondary N) is 1. The molecule has 0 spiro atoms. The molecule has 2 unspecified atom stereocenters. The van der Waals surface area contributed by atoms with Crippen LogP contribution in [0.3, 0.4) is 0 Å². The molecule has 0 amide bonds. The molecule has 2 aromatic rings. The zero-order valence-corrected chi connectivity index (χ0v) is 14.0. The van der Waals surface area contributed by atoms with E-state index in [9.17, 15) is 0 Å². The van der Waals surface area contributed by atoms with Crippen molar-refractivity contribution in [3.05, 3.63) is 45.9 Å². The third-order valence-corrected chi connectivity index (χ3v) is 4.73. The third kappa shape index (κ3) is 4.55.